The van der Waals surface area contributed by atoms with E-state index in [0.29, 0.717) is 6.04 Å². The van der Waals surface area contributed by atoms with E-state index in [0.717, 1.165) is 5.92 Å². The van der Waals surface area contributed by atoms with Crippen LogP contribution in [-0.2, 0) is 12.8 Å². The Bertz CT molecular complexity index is 437. The van der Waals surface area contributed by atoms with Gasteiger partial charge in [0, 0.05) is 10.5 Å². The van der Waals surface area contributed by atoms with Gasteiger partial charge in [-0.15, -0.1) is 0 Å². The van der Waals surface area contributed by atoms with Crippen LogP contribution < -0.4 is 5.32 Å². The van der Waals surface area contributed by atoms with E-state index < -0.39 is 0 Å². The number of aryl methyl sites for hydroxylation is 1. The summed E-state index contributed by atoms with van der Waals surface area (Å²) in [5.74, 6) is 1.04. The maximum Gasteiger partial charge on any atom is 0.0178 e. The highest BCUT2D eigenvalue weighted by molar-refractivity contribution is 9.10. The molecule has 0 radical (unpaired) electrons. The molecular formula is C18H26BrN. The highest BCUT2D eigenvalue weighted by Gasteiger charge is 2.18. The van der Waals surface area contributed by atoms with Crippen LogP contribution in [0.1, 0.15) is 56.1 Å². The molecular weight excluding hydrogens is 310 g/mol. The minimum absolute atomic E-state index is 0.701. The second kappa shape index (κ2) is 7.09. The largest absolute Gasteiger partial charge is 0.314 e. The summed E-state index contributed by atoms with van der Waals surface area (Å²) in [6, 6.07) is 7.48. The highest BCUT2D eigenvalue weighted by atomic mass is 79.9. The summed E-state index contributed by atoms with van der Waals surface area (Å²) in [5.41, 5.74) is 3.09. The predicted octanol–water partition coefficient (Wildman–Crippen LogP) is 4.87. The maximum atomic E-state index is 3.79. The van der Waals surface area contributed by atoms with Crippen molar-refractivity contribution in [2.45, 2.75) is 63.8 Å². The van der Waals surface area contributed by atoms with Gasteiger partial charge in [0.15, 0.2) is 0 Å². The lowest BCUT2D eigenvalue weighted by atomic mass is 9.88. The van der Waals surface area contributed by atoms with Gasteiger partial charge in [0.1, 0.15) is 0 Å². The van der Waals surface area contributed by atoms with Crippen molar-refractivity contribution in [3.63, 3.8) is 0 Å². The van der Waals surface area contributed by atoms with Gasteiger partial charge in [-0.3, -0.25) is 0 Å². The molecule has 0 amide bonds. The normalized spacial score (nSPS) is 22.9. The van der Waals surface area contributed by atoms with Crippen molar-refractivity contribution in [2.24, 2.45) is 5.92 Å². The van der Waals surface area contributed by atoms with Crippen LogP contribution in [0.15, 0.2) is 22.7 Å². The fourth-order valence-corrected chi connectivity index (χ4v) is 4.30. The molecule has 1 fully saturated rings. The third kappa shape index (κ3) is 3.85. The zero-order valence-corrected chi connectivity index (χ0v) is 13.9. The molecule has 2 aliphatic rings. The molecule has 0 spiro atoms. The van der Waals surface area contributed by atoms with E-state index in [1.165, 1.54) is 68.8 Å². The molecule has 3 rings (SSSR count). The number of rotatable bonds is 5. The van der Waals surface area contributed by atoms with E-state index in [1.807, 2.05) is 0 Å². The monoisotopic (exact) mass is 335 g/mol. The quantitative estimate of drug-likeness (QED) is 0.757. The van der Waals surface area contributed by atoms with E-state index in [9.17, 15) is 0 Å². The van der Waals surface area contributed by atoms with Gasteiger partial charge in [-0.05, 0) is 67.8 Å². The Morgan fingerprint density at radius 2 is 1.95 bits per heavy atom. The van der Waals surface area contributed by atoms with Crippen LogP contribution in [0.25, 0.3) is 0 Å². The Morgan fingerprint density at radius 1 is 1.10 bits per heavy atom. The second-order valence-electron chi connectivity index (χ2n) is 6.60. The molecule has 1 aromatic carbocycles. The molecule has 0 bridgehead atoms. The van der Waals surface area contributed by atoms with Crippen LogP contribution in [0, 0.1) is 5.92 Å². The van der Waals surface area contributed by atoms with Gasteiger partial charge in [0.05, 0.1) is 0 Å². The predicted molar refractivity (Wildman–Crippen MR) is 89.1 cm³/mol. The summed E-state index contributed by atoms with van der Waals surface area (Å²) in [4.78, 5) is 0. The Morgan fingerprint density at radius 3 is 2.80 bits per heavy atom. The average molecular weight is 336 g/mol. The first-order valence-corrected chi connectivity index (χ1v) is 9.11. The molecule has 0 heterocycles. The molecule has 110 valence electrons. The Hall–Kier alpha value is -0.340. The molecule has 0 aliphatic heterocycles. The van der Waals surface area contributed by atoms with E-state index in [2.05, 4.69) is 39.4 Å². The molecule has 1 nitrogen and oxygen atoms in total. The van der Waals surface area contributed by atoms with E-state index >= 15 is 0 Å². The Kier molecular flexibility index (Phi) is 5.17. The van der Waals surface area contributed by atoms with Crippen molar-refractivity contribution in [2.75, 3.05) is 6.54 Å². The fourth-order valence-electron chi connectivity index (χ4n) is 3.89. The number of halogens is 1. The lowest BCUT2D eigenvalue weighted by Crippen LogP contribution is -2.35. The number of benzene rings is 1. The van der Waals surface area contributed by atoms with Crippen molar-refractivity contribution in [3.8, 4) is 0 Å². The first-order valence-electron chi connectivity index (χ1n) is 8.32. The van der Waals surface area contributed by atoms with Gasteiger partial charge in [-0.2, -0.15) is 0 Å². The summed E-state index contributed by atoms with van der Waals surface area (Å²) >= 11 is 3.57. The third-order valence-electron chi connectivity index (χ3n) is 5.09. The molecule has 2 heteroatoms. The highest BCUT2D eigenvalue weighted by Crippen LogP contribution is 2.28. The summed E-state index contributed by atoms with van der Waals surface area (Å²) in [6.07, 6.45) is 12.5. The molecule has 1 unspecified atom stereocenters. The molecule has 20 heavy (non-hydrogen) atoms. The van der Waals surface area contributed by atoms with Crippen LogP contribution in [0.4, 0.5) is 0 Å². The molecule has 0 saturated heterocycles. The van der Waals surface area contributed by atoms with Gasteiger partial charge < -0.3 is 5.32 Å². The summed E-state index contributed by atoms with van der Waals surface area (Å²) in [6.45, 7) is 1.22. The van der Waals surface area contributed by atoms with Crippen molar-refractivity contribution < 1.29 is 0 Å². The number of hydrogen-bond donors (Lipinski definition) is 1. The Labute approximate surface area is 131 Å². The van der Waals surface area contributed by atoms with Crippen LogP contribution in [-0.4, -0.2) is 12.6 Å². The standard InChI is InChI=1S/C18H26BrN/c19-17-9-7-16-13-18(10-8-15(16)12-17)20-11-3-6-14-4-1-2-5-14/h7,9,12,14,18,20H,1-6,8,10-11,13H2. The van der Waals surface area contributed by atoms with E-state index in [1.54, 1.807) is 11.1 Å². The van der Waals surface area contributed by atoms with Gasteiger partial charge in [-0.1, -0.05) is 47.7 Å². The zero-order valence-electron chi connectivity index (χ0n) is 12.3. The molecule has 0 aromatic heterocycles. The van der Waals surface area contributed by atoms with Crippen molar-refractivity contribution in [3.05, 3.63) is 33.8 Å². The molecule has 1 saturated carbocycles. The number of fused-ring (bicyclic) bond motifs is 1. The average Bonchev–Trinajstić information content (AvgIpc) is 2.97. The molecule has 2 aliphatic carbocycles. The summed E-state index contributed by atoms with van der Waals surface area (Å²) in [7, 11) is 0. The fraction of sp³-hybridized carbons (Fsp3) is 0.667. The molecule has 1 atom stereocenters. The van der Waals surface area contributed by atoms with Crippen LogP contribution in [0.2, 0.25) is 0 Å². The topological polar surface area (TPSA) is 12.0 Å². The van der Waals surface area contributed by atoms with Gasteiger partial charge in [0.2, 0.25) is 0 Å². The third-order valence-corrected chi connectivity index (χ3v) is 5.59. The van der Waals surface area contributed by atoms with E-state index in [-0.39, 0.29) is 0 Å². The van der Waals surface area contributed by atoms with E-state index in [4.69, 9.17) is 0 Å². The molecule has 1 N–H and O–H groups in total. The number of hydrogen-bond acceptors (Lipinski definition) is 1. The zero-order chi connectivity index (χ0) is 13.8. The minimum Gasteiger partial charge on any atom is -0.314 e. The lowest BCUT2D eigenvalue weighted by molar-refractivity contribution is 0.421. The van der Waals surface area contributed by atoms with Crippen LogP contribution in [0.5, 0.6) is 0 Å². The van der Waals surface area contributed by atoms with Gasteiger partial charge in [-0.25, -0.2) is 0 Å². The minimum atomic E-state index is 0.701. The number of nitrogens with one attached hydrogen (secondary N) is 1. The SMILES string of the molecule is Brc1ccc2c(c1)CCC(NCCCC1CCCC1)C2. The molecule has 1 aromatic rings. The Balaban J connectivity index is 1.40. The van der Waals surface area contributed by atoms with Crippen molar-refractivity contribution in [1.29, 1.82) is 0 Å². The summed E-state index contributed by atoms with van der Waals surface area (Å²) in [5, 5.41) is 3.79. The van der Waals surface area contributed by atoms with Crippen LogP contribution >= 0.6 is 15.9 Å². The summed E-state index contributed by atoms with van der Waals surface area (Å²) < 4.78 is 1.22. The van der Waals surface area contributed by atoms with Gasteiger partial charge >= 0.3 is 0 Å². The second-order valence-corrected chi connectivity index (χ2v) is 7.52. The van der Waals surface area contributed by atoms with Crippen molar-refractivity contribution in [1.82, 2.24) is 5.32 Å². The van der Waals surface area contributed by atoms with Gasteiger partial charge in [0.25, 0.3) is 0 Å². The van der Waals surface area contributed by atoms with Crippen LogP contribution in [0.3, 0.4) is 0 Å². The first kappa shape index (κ1) is 14.6. The lowest BCUT2D eigenvalue weighted by Gasteiger charge is -2.26. The smallest absolute Gasteiger partial charge is 0.0178 e. The van der Waals surface area contributed by atoms with Crippen molar-refractivity contribution >= 4 is 15.9 Å². The maximum absolute atomic E-state index is 3.79. The first-order chi connectivity index (χ1) is 9.81.